The first kappa shape index (κ1) is 27.3. The van der Waals surface area contributed by atoms with E-state index in [4.69, 9.17) is 19.4 Å². The smallest absolute Gasteiger partial charge is 0.227 e. The zero-order valence-corrected chi connectivity index (χ0v) is 26.1. The van der Waals surface area contributed by atoms with Gasteiger partial charge in [0.25, 0.3) is 0 Å². The number of nitrogens with zero attached hydrogens (tertiary/aromatic N) is 5. The van der Waals surface area contributed by atoms with Crippen molar-refractivity contribution in [2.24, 2.45) is 0 Å². The second-order valence-corrected chi connectivity index (χ2v) is 12.1. The molecule has 0 fully saturated rings. The molecule has 0 spiro atoms. The molecule has 6 heteroatoms. The number of rotatable bonds is 4. The van der Waals surface area contributed by atoms with Crippen LogP contribution < -0.4 is 0 Å². The van der Waals surface area contributed by atoms with Crippen molar-refractivity contribution in [3.8, 4) is 45.1 Å². The van der Waals surface area contributed by atoms with Gasteiger partial charge in [0.2, 0.25) is 5.89 Å². The zero-order valence-electron chi connectivity index (χ0n) is 26.1. The third kappa shape index (κ3) is 4.46. The molecular weight excluding hydrogens is 603 g/mol. The summed E-state index contributed by atoms with van der Waals surface area (Å²) in [6.45, 7) is 0. The topological polar surface area (TPSA) is 77.6 Å². The molecule has 6 nitrogen and oxygen atoms in total. The largest absolute Gasteiger partial charge is 0.436 e. The van der Waals surface area contributed by atoms with E-state index in [1.54, 1.807) is 0 Å². The minimum atomic E-state index is 0.607. The molecule has 0 aliphatic heterocycles. The molecule has 0 saturated carbocycles. The maximum absolute atomic E-state index is 6.25. The molecule has 0 atom stereocenters. The van der Waals surface area contributed by atoms with Gasteiger partial charge in [-0.1, -0.05) is 78.9 Å². The Labute approximate surface area is 280 Å². The molecule has 5 heterocycles. The second-order valence-electron chi connectivity index (χ2n) is 12.1. The van der Waals surface area contributed by atoms with Crippen molar-refractivity contribution >= 4 is 54.6 Å². The first-order chi connectivity index (χ1) is 24.3. The summed E-state index contributed by atoms with van der Waals surface area (Å²) in [6, 6.07) is 45.3. The number of hydrogen-bond donors (Lipinski definition) is 0. The Balaban J connectivity index is 1.05. The zero-order chi connectivity index (χ0) is 32.3. The summed E-state index contributed by atoms with van der Waals surface area (Å²) in [4.78, 5) is 24.3. The fraction of sp³-hybridized carbons (Fsp3) is 0. The summed E-state index contributed by atoms with van der Waals surface area (Å²) < 4.78 is 6.25. The van der Waals surface area contributed by atoms with Crippen LogP contribution in [0.2, 0.25) is 0 Å². The van der Waals surface area contributed by atoms with Crippen LogP contribution in [0.15, 0.2) is 156 Å². The predicted octanol–water partition coefficient (Wildman–Crippen LogP) is 10.7. The molecule has 0 bridgehead atoms. The lowest BCUT2D eigenvalue weighted by atomic mass is 9.97. The lowest BCUT2D eigenvalue weighted by Crippen LogP contribution is -1.92. The molecule has 0 N–H and O–H groups in total. The fourth-order valence-electron chi connectivity index (χ4n) is 6.89. The van der Waals surface area contributed by atoms with Gasteiger partial charge < -0.3 is 4.42 Å². The average Bonchev–Trinajstić information content (AvgIpc) is 3.63. The van der Waals surface area contributed by atoms with E-state index >= 15 is 0 Å². The van der Waals surface area contributed by atoms with E-state index in [2.05, 4.69) is 82.8 Å². The van der Waals surface area contributed by atoms with Crippen LogP contribution >= 0.6 is 0 Å². The van der Waals surface area contributed by atoms with E-state index in [-0.39, 0.29) is 0 Å². The van der Waals surface area contributed by atoms with Crippen LogP contribution in [0.3, 0.4) is 0 Å². The highest BCUT2D eigenvalue weighted by Gasteiger charge is 2.18. The molecule has 0 aliphatic rings. The van der Waals surface area contributed by atoms with E-state index in [1.807, 2.05) is 79.3 Å². The normalized spacial score (nSPS) is 11.7. The molecule has 5 aromatic heterocycles. The van der Waals surface area contributed by atoms with Gasteiger partial charge in [0, 0.05) is 67.8 Å². The lowest BCUT2D eigenvalue weighted by Gasteiger charge is -2.11. The molecule has 228 valence electrons. The molecular formula is C43H25N5O. The molecule has 0 amide bonds. The molecule has 0 aliphatic carbocycles. The highest BCUT2D eigenvalue weighted by molar-refractivity contribution is 6.20. The van der Waals surface area contributed by atoms with Crippen LogP contribution in [0.5, 0.6) is 0 Å². The van der Waals surface area contributed by atoms with E-state index in [1.165, 1.54) is 0 Å². The van der Waals surface area contributed by atoms with Crippen molar-refractivity contribution in [2.75, 3.05) is 0 Å². The molecule has 49 heavy (non-hydrogen) atoms. The van der Waals surface area contributed by atoms with Crippen molar-refractivity contribution in [2.45, 2.75) is 0 Å². The maximum Gasteiger partial charge on any atom is 0.227 e. The average molecular weight is 628 g/mol. The minimum Gasteiger partial charge on any atom is -0.436 e. The number of oxazole rings is 1. The number of pyridine rings is 4. The summed E-state index contributed by atoms with van der Waals surface area (Å²) in [5, 5.41) is 5.23. The summed E-state index contributed by atoms with van der Waals surface area (Å²) in [6.07, 6.45) is 5.57. The van der Waals surface area contributed by atoms with Gasteiger partial charge >= 0.3 is 0 Å². The van der Waals surface area contributed by atoms with Crippen LogP contribution in [-0.4, -0.2) is 24.9 Å². The van der Waals surface area contributed by atoms with Gasteiger partial charge in [-0.3, -0.25) is 15.0 Å². The monoisotopic (exact) mass is 627 g/mol. The fourth-order valence-corrected chi connectivity index (χ4v) is 6.89. The molecule has 10 aromatic rings. The standard InChI is InChI=1S/C43H25N5O/c1-2-8-28(9-3-1)43-48-42-37(49-43)21-19-33-38(42)32-11-4-5-13-36(32)47-39(33)27-16-14-26(15-17-27)35-20-18-30(25-46-35)34-24-29-10-6-22-44-40(29)41-31(34)12-7-23-45-41/h1-25H. The number of benzene rings is 5. The van der Waals surface area contributed by atoms with Gasteiger partial charge in [-0.2, -0.15) is 0 Å². The second kappa shape index (κ2) is 10.9. The molecule has 0 unspecified atom stereocenters. The van der Waals surface area contributed by atoms with E-state index in [0.29, 0.717) is 5.89 Å². The lowest BCUT2D eigenvalue weighted by molar-refractivity contribution is 0.620. The van der Waals surface area contributed by atoms with Gasteiger partial charge in [-0.05, 0) is 60.2 Å². The third-order valence-electron chi connectivity index (χ3n) is 9.23. The van der Waals surface area contributed by atoms with Gasteiger partial charge in [0.05, 0.1) is 27.9 Å². The minimum absolute atomic E-state index is 0.607. The van der Waals surface area contributed by atoms with Gasteiger partial charge in [-0.25, -0.2) is 9.97 Å². The van der Waals surface area contributed by atoms with Gasteiger partial charge in [0.15, 0.2) is 5.58 Å². The van der Waals surface area contributed by atoms with Crippen LogP contribution in [-0.2, 0) is 0 Å². The Morgan fingerprint density at radius 2 is 1.22 bits per heavy atom. The van der Waals surface area contributed by atoms with Crippen molar-refractivity contribution in [1.82, 2.24) is 24.9 Å². The summed E-state index contributed by atoms with van der Waals surface area (Å²) >= 11 is 0. The Morgan fingerprint density at radius 1 is 0.469 bits per heavy atom. The first-order valence-electron chi connectivity index (χ1n) is 16.2. The Bertz CT molecular complexity index is 2860. The number of para-hydroxylation sites is 1. The van der Waals surface area contributed by atoms with Gasteiger partial charge in [-0.15, -0.1) is 0 Å². The van der Waals surface area contributed by atoms with Crippen LogP contribution in [0.25, 0.3) is 99.7 Å². The number of fused-ring (bicyclic) bond motifs is 8. The molecule has 5 aromatic carbocycles. The van der Waals surface area contributed by atoms with Crippen molar-refractivity contribution in [3.63, 3.8) is 0 Å². The van der Waals surface area contributed by atoms with Gasteiger partial charge in [0.1, 0.15) is 5.52 Å². The Morgan fingerprint density at radius 3 is 2.08 bits per heavy atom. The first-order valence-corrected chi connectivity index (χ1v) is 16.2. The Kier molecular flexibility index (Phi) is 6.08. The quantitative estimate of drug-likeness (QED) is 0.181. The van der Waals surface area contributed by atoms with E-state index < -0.39 is 0 Å². The van der Waals surface area contributed by atoms with Crippen LogP contribution in [0.1, 0.15) is 0 Å². The molecule has 0 radical (unpaired) electrons. The van der Waals surface area contributed by atoms with Crippen molar-refractivity contribution < 1.29 is 4.42 Å². The highest BCUT2D eigenvalue weighted by atomic mass is 16.3. The summed E-state index contributed by atoms with van der Waals surface area (Å²) in [7, 11) is 0. The molecule has 0 saturated heterocycles. The molecule has 10 rings (SSSR count). The van der Waals surface area contributed by atoms with E-state index in [0.717, 1.165) is 93.8 Å². The highest BCUT2D eigenvalue weighted by Crippen LogP contribution is 2.39. The summed E-state index contributed by atoms with van der Waals surface area (Å²) in [5.74, 6) is 0.607. The van der Waals surface area contributed by atoms with Crippen molar-refractivity contribution in [3.05, 3.63) is 152 Å². The number of hydrogen-bond acceptors (Lipinski definition) is 6. The van der Waals surface area contributed by atoms with Crippen molar-refractivity contribution in [1.29, 1.82) is 0 Å². The van der Waals surface area contributed by atoms with Crippen LogP contribution in [0, 0.1) is 0 Å². The SMILES string of the molecule is c1ccc(-c2nc3c(ccc4c(-c5ccc(-c6ccc(-c7cc8cccnc8c8ncccc78)cn6)cc5)nc5ccccc5c43)o2)cc1. The van der Waals surface area contributed by atoms with Crippen LogP contribution in [0.4, 0.5) is 0 Å². The predicted molar refractivity (Wildman–Crippen MR) is 197 cm³/mol. The maximum atomic E-state index is 6.25. The third-order valence-corrected chi connectivity index (χ3v) is 9.23. The summed E-state index contributed by atoms with van der Waals surface area (Å²) in [5.41, 5.74) is 11.2. The number of aromatic nitrogens is 5. The van der Waals surface area contributed by atoms with E-state index in [9.17, 15) is 0 Å². The Hall–Kier alpha value is -6.79.